The first kappa shape index (κ1) is 29.9. The lowest BCUT2D eigenvalue weighted by Gasteiger charge is -2.38. The standard InChI is InChI=1S/C33H39N7O3/c1-19(37-18-21(3)40(20(2)17-34)27-10-11-27)16-33(31-38-32(42)43-39(31)5)28-12-8-23(22(4)35)14-24(28)6-7-25-15-26(30(36)41)9-13-29(25)33/h8-9,12-15,19-20,27,37H,3-4,6-7,10-11,16,18,35H2,1-2,5H3,(H2,36,41)/t19-,20?,33?/m1/s1. The van der Waals surface area contributed by atoms with Crippen LogP contribution in [0.5, 0.6) is 0 Å². The molecule has 5 N–H and O–H groups in total. The summed E-state index contributed by atoms with van der Waals surface area (Å²) in [6.07, 6.45) is 3.92. The van der Waals surface area contributed by atoms with Crippen molar-refractivity contribution in [3.63, 3.8) is 0 Å². The van der Waals surface area contributed by atoms with Gasteiger partial charge < -0.3 is 26.2 Å². The number of aryl methyl sites for hydroxylation is 3. The molecule has 5 rings (SSSR count). The molecule has 10 nitrogen and oxygen atoms in total. The first-order valence-corrected chi connectivity index (χ1v) is 14.6. The molecule has 1 aromatic heterocycles. The molecule has 0 radical (unpaired) electrons. The predicted octanol–water partition coefficient (Wildman–Crippen LogP) is 3.09. The molecule has 1 heterocycles. The molecule has 1 amide bonds. The zero-order valence-electron chi connectivity index (χ0n) is 25.0. The van der Waals surface area contributed by atoms with Crippen molar-refractivity contribution in [3.8, 4) is 6.07 Å². The molecule has 43 heavy (non-hydrogen) atoms. The van der Waals surface area contributed by atoms with Gasteiger partial charge in [-0.3, -0.25) is 4.79 Å². The Morgan fingerprint density at radius 2 is 1.77 bits per heavy atom. The van der Waals surface area contributed by atoms with Crippen LogP contribution in [0.2, 0.25) is 0 Å². The van der Waals surface area contributed by atoms with Gasteiger partial charge in [0.1, 0.15) is 6.04 Å². The Morgan fingerprint density at radius 1 is 1.16 bits per heavy atom. The number of benzene rings is 2. The zero-order valence-corrected chi connectivity index (χ0v) is 25.0. The fraction of sp³-hybridized carbons (Fsp3) is 0.394. The van der Waals surface area contributed by atoms with Crippen LogP contribution >= 0.6 is 0 Å². The molecule has 0 saturated heterocycles. The van der Waals surface area contributed by atoms with Crippen molar-refractivity contribution in [1.29, 1.82) is 5.26 Å². The van der Waals surface area contributed by atoms with Gasteiger partial charge in [0.2, 0.25) is 5.91 Å². The van der Waals surface area contributed by atoms with E-state index in [4.69, 9.17) is 16.0 Å². The van der Waals surface area contributed by atoms with Crippen molar-refractivity contribution in [2.24, 2.45) is 18.5 Å². The Balaban J connectivity index is 1.64. The van der Waals surface area contributed by atoms with E-state index < -0.39 is 17.1 Å². The first-order valence-electron chi connectivity index (χ1n) is 14.6. The topological polar surface area (TPSA) is 156 Å². The number of primary amides is 1. The summed E-state index contributed by atoms with van der Waals surface area (Å²) < 4.78 is 6.88. The summed E-state index contributed by atoms with van der Waals surface area (Å²) in [6.45, 7) is 12.7. The smallest absolute Gasteiger partial charge is 0.399 e. The van der Waals surface area contributed by atoms with Crippen LogP contribution in [0.15, 0.2) is 64.6 Å². The lowest BCUT2D eigenvalue weighted by atomic mass is 9.67. The van der Waals surface area contributed by atoms with Crippen molar-refractivity contribution < 1.29 is 9.32 Å². The van der Waals surface area contributed by atoms with Crippen molar-refractivity contribution in [2.75, 3.05) is 6.54 Å². The summed E-state index contributed by atoms with van der Waals surface area (Å²) in [5, 5.41) is 13.2. The highest BCUT2D eigenvalue weighted by atomic mass is 16.5. The molecular weight excluding hydrogens is 542 g/mol. The zero-order chi connectivity index (χ0) is 31.1. The molecule has 3 atom stereocenters. The van der Waals surface area contributed by atoms with E-state index in [1.165, 1.54) is 4.74 Å². The third kappa shape index (κ3) is 5.60. The third-order valence-electron chi connectivity index (χ3n) is 8.72. The van der Waals surface area contributed by atoms with Crippen molar-refractivity contribution in [3.05, 3.63) is 105 Å². The summed E-state index contributed by atoms with van der Waals surface area (Å²) in [5.74, 6) is -0.742. The van der Waals surface area contributed by atoms with Gasteiger partial charge >= 0.3 is 5.76 Å². The minimum Gasteiger partial charge on any atom is -0.399 e. The molecule has 1 saturated carbocycles. The Kier molecular flexibility index (Phi) is 8.04. The van der Waals surface area contributed by atoms with E-state index in [-0.39, 0.29) is 12.1 Å². The minimum atomic E-state index is -0.934. The highest BCUT2D eigenvalue weighted by Gasteiger charge is 2.46. The van der Waals surface area contributed by atoms with Crippen LogP contribution in [0.3, 0.4) is 0 Å². The maximum absolute atomic E-state index is 12.6. The molecule has 2 aromatic carbocycles. The number of rotatable bonds is 11. The number of hydrogen-bond donors (Lipinski definition) is 3. The van der Waals surface area contributed by atoms with Crippen molar-refractivity contribution in [2.45, 2.75) is 69.5 Å². The fourth-order valence-corrected chi connectivity index (χ4v) is 6.63. The van der Waals surface area contributed by atoms with Gasteiger partial charge in [-0.2, -0.15) is 15.0 Å². The van der Waals surface area contributed by atoms with E-state index in [9.17, 15) is 14.9 Å². The molecule has 3 aromatic rings. The second kappa shape index (κ2) is 11.6. The van der Waals surface area contributed by atoms with Crippen LogP contribution < -0.4 is 22.5 Å². The van der Waals surface area contributed by atoms with Crippen LogP contribution in [0.25, 0.3) is 5.70 Å². The number of hydrogen-bond acceptors (Lipinski definition) is 8. The maximum Gasteiger partial charge on any atom is 0.459 e. The van der Waals surface area contributed by atoms with Gasteiger partial charge in [-0.25, -0.2) is 4.79 Å². The summed E-state index contributed by atoms with van der Waals surface area (Å²) in [7, 11) is 1.68. The largest absolute Gasteiger partial charge is 0.459 e. The number of nitrogens with zero attached hydrogens (tertiary/aromatic N) is 4. The van der Waals surface area contributed by atoms with E-state index in [1.54, 1.807) is 13.1 Å². The molecule has 1 fully saturated rings. The van der Waals surface area contributed by atoms with E-state index >= 15 is 0 Å². The highest BCUT2D eigenvalue weighted by molar-refractivity contribution is 5.93. The van der Waals surface area contributed by atoms with Gasteiger partial charge in [0.15, 0.2) is 5.82 Å². The van der Waals surface area contributed by atoms with E-state index in [0.717, 1.165) is 46.4 Å². The van der Waals surface area contributed by atoms with Crippen molar-refractivity contribution >= 4 is 11.6 Å². The number of carbonyl (C=O) groups excluding carboxylic acids is 1. The Morgan fingerprint density at radius 3 is 2.28 bits per heavy atom. The van der Waals surface area contributed by atoms with Crippen LogP contribution in [-0.4, -0.2) is 45.2 Å². The van der Waals surface area contributed by atoms with Crippen LogP contribution in [0.4, 0.5) is 0 Å². The van der Waals surface area contributed by atoms with Crippen LogP contribution in [0, 0.1) is 11.3 Å². The molecule has 0 aliphatic heterocycles. The predicted molar refractivity (Wildman–Crippen MR) is 165 cm³/mol. The number of nitrogens with two attached hydrogens (primary N) is 2. The van der Waals surface area contributed by atoms with Gasteiger partial charge in [0.05, 0.1) is 11.5 Å². The third-order valence-corrected chi connectivity index (χ3v) is 8.72. The van der Waals surface area contributed by atoms with E-state index in [2.05, 4.69) is 41.4 Å². The van der Waals surface area contributed by atoms with Crippen molar-refractivity contribution in [1.82, 2.24) is 19.9 Å². The maximum atomic E-state index is 12.6. The summed E-state index contributed by atoms with van der Waals surface area (Å²) in [4.78, 5) is 31.3. The average Bonchev–Trinajstić information content (AvgIpc) is 3.76. The number of aromatic nitrogens is 2. The Hall–Kier alpha value is -4.62. The second-order valence-corrected chi connectivity index (χ2v) is 11.8. The summed E-state index contributed by atoms with van der Waals surface area (Å²) >= 11 is 0. The van der Waals surface area contributed by atoms with Gasteiger partial charge in [-0.15, -0.1) is 0 Å². The Labute approximate surface area is 251 Å². The lowest BCUT2D eigenvalue weighted by Crippen LogP contribution is -2.43. The second-order valence-electron chi connectivity index (χ2n) is 11.8. The summed E-state index contributed by atoms with van der Waals surface area (Å²) in [6, 6.07) is 13.8. The number of nitrogens with one attached hydrogen (secondary N) is 1. The average molecular weight is 582 g/mol. The van der Waals surface area contributed by atoms with Crippen LogP contribution in [-0.2, 0) is 25.3 Å². The number of fused-ring (bicyclic) bond motifs is 2. The molecule has 224 valence electrons. The number of nitriles is 1. The SMILES string of the molecule is C=C(N)c1ccc2c(c1)CCc1cc(C(N)=O)ccc1C2(C[C@@H](C)NCC(=C)N(C(C)C#N)C1CC1)c1nc(=O)on1C. The highest BCUT2D eigenvalue weighted by Crippen LogP contribution is 2.47. The molecular formula is C33H39N7O3. The minimum absolute atomic E-state index is 0.110. The molecule has 0 spiro atoms. The van der Waals surface area contributed by atoms with Gasteiger partial charge in [0, 0.05) is 42.6 Å². The number of amides is 1. The lowest BCUT2D eigenvalue weighted by molar-refractivity contribution is 0.1000. The number of carbonyl (C=O) groups is 1. The molecule has 0 bridgehead atoms. The normalized spacial score (nSPS) is 18.8. The molecule has 10 heteroatoms. The van der Waals surface area contributed by atoms with E-state index in [0.29, 0.717) is 48.9 Å². The van der Waals surface area contributed by atoms with Crippen LogP contribution in [0.1, 0.15) is 77.1 Å². The molecule has 2 aliphatic carbocycles. The van der Waals surface area contributed by atoms with Gasteiger partial charge in [-0.1, -0.05) is 31.4 Å². The quantitative estimate of drug-likeness (QED) is 0.312. The fourth-order valence-electron chi connectivity index (χ4n) is 6.63. The summed E-state index contributed by atoms with van der Waals surface area (Å²) in [5.41, 5.74) is 17.3. The first-order chi connectivity index (χ1) is 20.5. The van der Waals surface area contributed by atoms with E-state index in [1.807, 2.05) is 37.3 Å². The van der Waals surface area contributed by atoms with Gasteiger partial charge in [-0.05, 0) is 92.0 Å². The Bertz CT molecular complexity index is 1630. The monoisotopic (exact) mass is 581 g/mol. The molecule has 2 unspecified atom stereocenters. The van der Waals surface area contributed by atoms with Gasteiger partial charge in [0.25, 0.3) is 0 Å². The molecule has 2 aliphatic rings.